The number of ether oxygens (including phenoxy) is 1. The second-order valence-corrected chi connectivity index (χ2v) is 8.87. The zero-order valence-electron chi connectivity index (χ0n) is 20.5. The number of benzene rings is 3. The third kappa shape index (κ3) is 6.95. The van der Waals surface area contributed by atoms with Gasteiger partial charge in [-0.2, -0.15) is 0 Å². The number of para-hydroxylation sites is 1. The van der Waals surface area contributed by atoms with Crippen LogP contribution in [0.4, 0.5) is 0 Å². The van der Waals surface area contributed by atoms with Gasteiger partial charge in [0.05, 0.1) is 0 Å². The summed E-state index contributed by atoms with van der Waals surface area (Å²) in [7, 11) is 0. The van der Waals surface area contributed by atoms with Gasteiger partial charge in [-0.3, -0.25) is 9.59 Å². The van der Waals surface area contributed by atoms with Gasteiger partial charge in [0.15, 0.2) is 6.61 Å². The van der Waals surface area contributed by atoms with Gasteiger partial charge >= 0.3 is 0 Å². The lowest BCUT2D eigenvalue weighted by Gasteiger charge is -2.32. The van der Waals surface area contributed by atoms with Gasteiger partial charge in [0.2, 0.25) is 5.91 Å². The highest BCUT2D eigenvalue weighted by atomic mass is 16.5. The maximum atomic E-state index is 13.6. The van der Waals surface area contributed by atoms with Gasteiger partial charge < -0.3 is 15.0 Å². The SMILES string of the molecule is Cc1ccccc1CN(C(=O)COc1ccccc1C)[C@@H](Cc1ccccc1)C(=O)NC(C)C. The first kappa shape index (κ1) is 25.0. The molecule has 3 aromatic rings. The van der Waals surface area contributed by atoms with Crippen LogP contribution in [-0.2, 0) is 22.6 Å². The molecule has 2 amide bonds. The summed E-state index contributed by atoms with van der Waals surface area (Å²) in [5, 5.41) is 3.01. The fourth-order valence-electron chi connectivity index (χ4n) is 3.85. The van der Waals surface area contributed by atoms with Crippen molar-refractivity contribution in [1.29, 1.82) is 0 Å². The van der Waals surface area contributed by atoms with Crippen molar-refractivity contribution in [2.75, 3.05) is 6.61 Å². The molecule has 0 saturated heterocycles. The zero-order chi connectivity index (χ0) is 24.5. The number of nitrogens with zero attached hydrogens (tertiary/aromatic N) is 1. The van der Waals surface area contributed by atoms with E-state index >= 15 is 0 Å². The molecule has 5 nitrogen and oxygen atoms in total. The minimum atomic E-state index is -0.669. The monoisotopic (exact) mass is 458 g/mol. The van der Waals surface area contributed by atoms with E-state index in [0.29, 0.717) is 18.7 Å². The van der Waals surface area contributed by atoms with Crippen LogP contribution >= 0.6 is 0 Å². The van der Waals surface area contributed by atoms with E-state index in [9.17, 15) is 9.59 Å². The van der Waals surface area contributed by atoms with Gasteiger partial charge in [0.25, 0.3) is 5.91 Å². The van der Waals surface area contributed by atoms with Gasteiger partial charge in [-0.15, -0.1) is 0 Å². The number of hydrogen-bond acceptors (Lipinski definition) is 3. The number of nitrogens with one attached hydrogen (secondary N) is 1. The predicted molar refractivity (Wildman–Crippen MR) is 136 cm³/mol. The highest BCUT2D eigenvalue weighted by Crippen LogP contribution is 2.19. The lowest BCUT2D eigenvalue weighted by Crippen LogP contribution is -2.52. The van der Waals surface area contributed by atoms with Crippen molar-refractivity contribution >= 4 is 11.8 Å². The normalized spacial score (nSPS) is 11.7. The Bertz CT molecular complexity index is 1100. The van der Waals surface area contributed by atoms with Gasteiger partial charge in [0.1, 0.15) is 11.8 Å². The molecular weight excluding hydrogens is 424 g/mol. The molecule has 0 saturated carbocycles. The van der Waals surface area contributed by atoms with E-state index < -0.39 is 6.04 Å². The van der Waals surface area contributed by atoms with Crippen LogP contribution in [0.2, 0.25) is 0 Å². The largest absolute Gasteiger partial charge is 0.484 e. The average Bonchev–Trinajstić information content (AvgIpc) is 2.82. The Labute approximate surface area is 202 Å². The number of amides is 2. The van der Waals surface area contributed by atoms with Crippen molar-refractivity contribution in [3.63, 3.8) is 0 Å². The van der Waals surface area contributed by atoms with Gasteiger partial charge in [0, 0.05) is 19.0 Å². The summed E-state index contributed by atoms with van der Waals surface area (Å²) in [6, 6.07) is 24.6. The van der Waals surface area contributed by atoms with E-state index in [4.69, 9.17) is 4.74 Å². The fraction of sp³-hybridized carbons (Fsp3) is 0.310. The lowest BCUT2D eigenvalue weighted by molar-refractivity contribution is -0.143. The van der Waals surface area contributed by atoms with Crippen LogP contribution < -0.4 is 10.1 Å². The summed E-state index contributed by atoms with van der Waals surface area (Å²) in [6.45, 7) is 7.99. The molecule has 0 aliphatic rings. The second-order valence-electron chi connectivity index (χ2n) is 8.87. The Kier molecular flexibility index (Phi) is 8.86. The number of aryl methyl sites for hydroxylation is 2. The Morgan fingerprint density at radius 2 is 1.47 bits per heavy atom. The van der Waals surface area contributed by atoms with Crippen molar-refractivity contribution in [2.45, 2.75) is 52.7 Å². The molecule has 0 aliphatic carbocycles. The molecule has 3 rings (SSSR count). The Morgan fingerprint density at radius 1 is 0.853 bits per heavy atom. The Hall–Kier alpha value is -3.60. The minimum Gasteiger partial charge on any atom is -0.484 e. The highest BCUT2D eigenvalue weighted by molar-refractivity contribution is 5.88. The Balaban J connectivity index is 1.93. The second kappa shape index (κ2) is 12.0. The summed E-state index contributed by atoms with van der Waals surface area (Å²) in [6.07, 6.45) is 0.418. The number of hydrogen-bond donors (Lipinski definition) is 1. The van der Waals surface area contributed by atoms with E-state index in [1.165, 1.54) is 0 Å². The molecule has 34 heavy (non-hydrogen) atoms. The van der Waals surface area contributed by atoms with Crippen LogP contribution in [0, 0.1) is 13.8 Å². The molecule has 5 heteroatoms. The van der Waals surface area contributed by atoms with Crippen molar-refractivity contribution in [2.24, 2.45) is 0 Å². The van der Waals surface area contributed by atoms with Crippen LogP contribution in [0.5, 0.6) is 5.75 Å². The van der Waals surface area contributed by atoms with E-state index in [-0.39, 0.29) is 24.5 Å². The maximum absolute atomic E-state index is 13.6. The van der Waals surface area contributed by atoms with Crippen LogP contribution in [0.25, 0.3) is 0 Å². The van der Waals surface area contributed by atoms with Crippen LogP contribution in [0.1, 0.15) is 36.1 Å². The summed E-state index contributed by atoms with van der Waals surface area (Å²) < 4.78 is 5.89. The van der Waals surface area contributed by atoms with Crippen molar-refractivity contribution in [1.82, 2.24) is 10.2 Å². The molecule has 1 atom stereocenters. The van der Waals surface area contributed by atoms with Crippen molar-refractivity contribution in [3.8, 4) is 5.75 Å². The molecule has 0 fully saturated rings. The summed E-state index contributed by atoms with van der Waals surface area (Å²) in [4.78, 5) is 28.6. The van der Waals surface area contributed by atoms with E-state index in [0.717, 1.165) is 22.3 Å². The molecule has 0 aromatic heterocycles. The summed E-state index contributed by atoms with van der Waals surface area (Å²) >= 11 is 0. The molecule has 0 aliphatic heterocycles. The van der Waals surface area contributed by atoms with E-state index in [2.05, 4.69) is 5.32 Å². The van der Waals surface area contributed by atoms with Gasteiger partial charge in [-0.25, -0.2) is 0 Å². The molecule has 0 radical (unpaired) electrons. The first-order chi connectivity index (χ1) is 16.3. The smallest absolute Gasteiger partial charge is 0.261 e. The predicted octanol–water partition coefficient (Wildman–Crippen LogP) is 4.85. The summed E-state index contributed by atoms with van der Waals surface area (Å²) in [5.74, 6) is 0.265. The molecule has 178 valence electrons. The molecule has 3 aromatic carbocycles. The first-order valence-electron chi connectivity index (χ1n) is 11.7. The minimum absolute atomic E-state index is 0.0376. The van der Waals surface area contributed by atoms with Crippen molar-refractivity contribution < 1.29 is 14.3 Å². The molecule has 0 unspecified atom stereocenters. The van der Waals surface area contributed by atoms with Crippen LogP contribution in [-0.4, -0.2) is 35.4 Å². The highest BCUT2D eigenvalue weighted by Gasteiger charge is 2.31. The molecule has 0 heterocycles. The van der Waals surface area contributed by atoms with Gasteiger partial charge in [-0.1, -0.05) is 72.8 Å². The third-order valence-corrected chi connectivity index (χ3v) is 5.75. The Morgan fingerprint density at radius 3 is 2.12 bits per heavy atom. The molecule has 0 spiro atoms. The quantitative estimate of drug-likeness (QED) is 0.473. The topological polar surface area (TPSA) is 58.6 Å². The molecule has 1 N–H and O–H groups in total. The van der Waals surface area contributed by atoms with E-state index in [1.54, 1.807) is 4.90 Å². The maximum Gasteiger partial charge on any atom is 0.261 e. The van der Waals surface area contributed by atoms with E-state index in [1.807, 2.05) is 107 Å². The number of carbonyl (C=O) groups excluding carboxylic acids is 2. The third-order valence-electron chi connectivity index (χ3n) is 5.75. The lowest BCUT2D eigenvalue weighted by atomic mass is 10.0. The van der Waals surface area contributed by atoms with Gasteiger partial charge in [-0.05, 0) is 56.0 Å². The standard InChI is InChI=1S/C29H34N2O3/c1-21(2)30-29(33)26(18-24-14-6-5-7-15-24)31(19-25-16-10-8-12-22(25)3)28(32)20-34-27-17-11-9-13-23(27)4/h5-17,21,26H,18-20H2,1-4H3,(H,30,33)/t26-/m0/s1. The number of carbonyl (C=O) groups is 2. The average molecular weight is 459 g/mol. The summed E-state index contributed by atoms with van der Waals surface area (Å²) in [5.41, 5.74) is 4.03. The van der Waals surface area contributed by atoms with Crippen LogP contribution in [0.3, 0.4) is 0 Å². The van der Waals surface area contributed by atoms with Crippen molar-refractivity contribution in [3.05, 3.63) is 101 Å². The number of rotatable bonds is 10. The molecule has 0 bridgehead atoms. The fourth-order valence-corrected chi connectivity index (χ4v) is 3.85. The zero-order valence-corrected chi connectivity index (χ0v) is 20.5. The first-order valence-corrected chi connectivity index (χ1v) is 11.7. The molecular formula is C29H34N2O3. The van der Waals surface area contributed by atoms with Crippen LogP contribution in [0.15, 0.2) is 78.9 Å².